The molecule has 1 amide bonds. The number of aromatic amines is 2. The monoisotopic (exact) mass is 357 g/mol. The van der Waals surface area contributed by atoms with Gasteiger partial charge in [0, 0.05) is 16.8 Å². The molecule has 1 heterocycles. The highest BCUT2D eigenvalue weighted by molar-refractivity contribution is 6.17. The Morgan fingerprint density at radius 1 is 0.741 bits per heavy atom. The smallest absolute Gasteiger partial charge is 0.322 e. The summed E-state index contributed by atoms with van der Waals surface area (Å²) in [5, 5.41) is 2.78. The van der Waals surface area contributed by atoms with Crippen LogP contribution in [0, 0.1) is 0 Å². The normalized spacial score (nSPS) is 10.7. The van der Waals surface area contributed by atoms with E-state index in [-0.39, 0.29) is 17.0 Å². The number of hydrogen-bond acceptors (Lipinski definition) is 3. The fraction of sp³-hybridized carbons (Fsp3) is 0. The van der Waals surface area contributed by atoms with E-state index in [4.69, 9.17) is 0 Å². The first kappa shape index (κ1) is 16.5. The Kier molecular flexibility index (Phi) is 4.14. The lowest BCUT2D eigenvalue weighted by molar-refractivity contribution is 0.0996. The minimum absolute atomic E-state index is 0.216. The van der Waals surface area contributed by atoms with Crippen LogP contribution < -0.4 is 11.0 Å². The second-order valence-corrected chi connectivity index (χ2v) is 6.03. The third-order valence-electron chi connectivity index (χ3n) is 4.23. The van der Waals surface area contributed by atoms with Gasteiger partial charge in [0.25, 0.3) is 5.91 Å². The van der Waals surface area contributed by atoms with E-state index in [1.807, 2.05) is 6.07 Å². The van der Waals surface area contributed by atoms with Gasteiger partial charge in [0.05, 0.1) is 16.6 Å². The van der Waals surface area contributed by atoms with Gasteiger partial charge in [0.15, 0.2) is 5.78 Å². The molecule has 6 heteroatoms. The molecular formula is C21H15N3O3. The number of aromatic nitrogens is 2. The average Bonchev–Trinajstić information content (AvgIpc) is 3.07. The zero-order valence-corrected chi connectivity index (χ0v) is 14.2. The van der Waals surface area contributed by atoms with Crippen LogP contribution in [0.4, 0.5) is 5.69 Å². The molecule has 0 fully saturated rings. The molecule has 0 aliphatic rings. The third kappa shape index (κ3) is 3.28. The molecule has 4 aromatic rings. The van der Waals surface area contributed by atoms with Crippen molar-refractivity contribution in [3.63, 3.8) is 0 Å². The maximum Gasteiger partial charge on any atom is 0.323 e. The van der Waals surface area contributed by atoms with Crippen LogP contribution in [0.5, 0.6) is 0 Å². The molecule has 3 aromatic carbocycles. The van der Waals surface area contributed by atoms with Crippen molar-refractivity contribution in [1.29, 1.82) is 0 Å². The Hall–Kier alpha value is -3.93. The number of carbonyl (C=O) groups is 2. The zero-order valence-electron chi connectivity index (χ0n) is 14.2. The molecule has 0 unspecified atom stereocenters. The molecule has 0 radical (unpaired) electrons. The number of fused-ring (bicyclic) bond motifs is 1. The van der Waals surface area contributed by atoms with E-state index >= 15 is 0 Å². The summed E-state index contributed by atoms with van der Waals surface area (Å²) in [5.74, 6) is -0.612. The molecule has 0 atom stereocenters. The van der Waals surface area contributed by atoms with Gasteiger partial charge in [0.1, 0.15) is 0 Å². The van der Waals surface area contributed by atoms with Gasteiger partial charge in [-0.05, 0) is 24.3 Å². The Labute approximate surface area is 153 Å². The number of ketones is 1. The minimum Gasteiger partial charge on any atom is -0.322 e. The average molecular weight is 357 g/mol. The molecule has 132 valence electrons. The number of carbonyl (C=O) groups excluding carboxylic acids is 2. The van der Waals surface area contributed by atoms with Crippen molar-refractivity contribution in [2.75, 3.05) is 5.32 Å². The minimum atomic E-state index is -0.396. The van der Waals surface area contributed by atoms with Gasteiger partial charge in [-0.15, -0.1) is 0 Å². The number of hydrogen-bond donors (Lipinski definition) is 3. The number of rotatable bonds is 4. The van der Waals surface area contributed by atoms with Crippen molar-refractivity contribution in [3.8, 4) is 0 Å². The largest absolute Gasteiger partial charge is 0.323 e. The molecule has 0 bridgehead atoms. The topological polar surface area (TPSA) is 94.8 Å². The molecule has 6 nitrogen and oxygen atoms in total. The summed E-state index contributed by atoms with van der Waals surface area (Å²) in [6, 6.07) is 20.6. The summed E-state index contributed by atoms with van der Waals surface area (Å²) in [5.41, 5.74) is 2.58. The first-order chi connectivity index (χ1) is 13.1. The Bertz CT molecular complexity index is 1210. The maximum atomic E-state index is 12.8. The molecule has 0 saturated carbocycles. The highest BCUT2D eigenvalue weighted by atomic mass is 16.2. The highest BCUT2D eigenvalue weighted by Crippen LogP contribution is 2.19. The van der Waals surface area contributed by atoms with Gasteiger partial charge in [-0.1, -0.05) is 48.5 Å². The Morgan fingerprint density at radius 2 is 1.41 bits per heavy atom. The quantitative estimate of drug-likeness (QED) is 0.489. The first-order valence-corrected chi connectivity index (χ1v) is 8.34. The summed E-state index contributed by atoms with van der Waals surface area (Å²) in [4.78, 5) is 42.2. The summed E-state index contributed by atoms with van der Waals surface area (Å²) >= 11 is 0. The number of anilines is 1. The van der Waals surface area contributed by atoms with Crippen LogP contribution in [0.1, 0.15) is 26.3 Å². The molecule has 4 rings (SSSR count). The lowest BCUT2D eigenvalue weighted by Gasteiger charge is -2.10. The lowest BCUT2D eigenvalue weighted by Crippen LogP contribution is -2.16. The number of benzene rings is 3. The van der Waals surface area contributed by atoms with Crippen LogP contribution in [0.15, 0.2) is 77.6 Å². The molecule has 0 aliphatic heterocycles. The van der Waals surface area contributed by atoms with Gasteiger partial charge in [-0.2, -0.15) is 0 Å². The van der Waals surface area contributed by atoms with Crippen molar-refractivity contribution >= 4 is 28.4 Å². The van der Waals surface area contributed by atoms with Crippen molar-refractivity contribution in [1.82, 2.24) is 9.97 Å². The van der Waals surface area contributed by atoms with E-state index in [0.717, 1.165) is 0 Å². The van der Waals surface area contributed by atoms with Crippen LogP contribution >= 0.6 is 0 Å². The van der Waals surface area contributed by atoms with Gasteiger partial charge >= 0.3 is 5.69 Å². The zero-order chi connectivity index (χ0) is 18.8. The fourth-order valence-electron chi connectivity index (χ4n) is 2.93. The van der Waals surface area contributed by atoms with E-state index in [1.165, 1.54) is 0 Å². The van der Waals surface area contributed by atoms with Crippen molar-refractivity contribution in [2.45, 2.75) is 0 Å². The van der Waals surface area contributed by atoms with Gasteiger partial charge < -0.3 is 15.3 Å². The van der Waals surface area contributed by atoms with Crippen molar-refractivity contribution in [3.05, 3.63) is 100.0 Å². The predicted molar refractivity (Wildman–Crippen MR) is 103 cm³/mol. The predicted octanol–water partition coefficient (Wildman–Crippen LogP) is 3.34. The summed E-state index contributed by atoms with van der Waals surface area (Å²) in [7, 11) is 0. The van der Waals surface area contributed by atoms with E-state index < -0.39 is 5.91 Å². The highest BCUT2D eigenvalue weighted by Gasteiger charge is 2.18. The van der Waals surface area contributed by atoms with Crippen LogP contribution in [0.25, 0.3) is 11.0 Å². The summed E-state index contributed by atoms with van der Waals surface area (Å²) in [6.07, 6.45) is 0. The molecule has 0 spiro atoms. The maximum absolute atomic E-state index is 12.8. The van der Waals surface area contributed by atoms with E-state index in [9.17, 15) is 14.4 Å². The van der Waals surface area contributed by atoms with Crippen molar-refractivity contribution < 1.29 is 9.59 Å². The van der Waals surface area contributed by atoms with E-state index in [1.54, 1.807) is 66.7 Å². The van der Waals surface area contributed by atoms with Crippen LogP contribution in [-0.2, 0) is 0 Å². The SMILES string of the molecule is O=C(Nc1ccc2[nH]c(=O)[nH]c2c1)c1ccccc1C(=O)c1ccccc1. The molecular weight excluding hydrogens is 342 g/mol. The second kappa shape index (κ2) is 6.76. The molecule has 27 heavy (non-hydrogen) atoms. The van der Waals surface area contributed by atoms with Gasteiger partial charge in [0.2, 0.25) is 0 Å². The molecule has 1 aromatic heterocycles. The van der Waals surface area contributed by atoms with E-state index in [2.05, 4.69) is 15.3 Å². The number of amides is 1. The Balaban J connectivity index is 1.65. The fourth-order valence-corrected chi connectivity index (χ4v) is 2.93. The van der Waals surface area contributed by atoms with Crippen LogP contribution in [0.3, 0.4) is 0 Å². The Morgan fingerprint density at radius 3 is 2.19 bits per heavy atom. The number of nitrogens with one attached hydrogen (secondary N) is 3. The van der Waals surface area contributed by atoms with E-state index in [0.29, 0.717) is 27.8 Å². The van der Waals surface area contributed by atoms with Crippen LogP contribution in [-0.4, -0.2) is 21.7 Å². The summed E-state index contributed by atoms with van der Waals surface area (Å²) in [6.45, 7) is 0. The van der Waals surface area contributed by atoms with Gasteiger partial charge in [-0.3, -0.25) is 9.59 Å². The first-order valence-electron chi connectivity index (χ1n) is 8.34. The van der Waals surface area contributed by atoms with Gasteiger partial charge in [-0.25, -0.2) is 4.79 Å². The van der Waals surface area contributed by atoms with Crippen LogP contribution in [0.2, 0.25) is 0 Å². The lowest BCUT2D eigenvalue weighted by atomic mass is 9.98. The second-order valence-electron chi connectivity index (χ2n) is 6.03. The third-order valence-corrected chi connectivity index (χ3v) is 4.23. The summed E-state index contributed by atoms with van der Waals surface area (Å²) < 4.78 is 0. The van der Waals surface area contributed by atoms with Crippen molar-refractivity contribution in [2.24, 2.45) is 0 Å². The molecule has 0 aliphatic carbocycles. The number of H-pyrrole nitrogens is 2. The standard InChI is InChI=1S/C21H15N3O3/c25-19(13-6-2-1-3-7-13)15-8-4-5-9-16(15)20(26)22-14-10-11-17-18(12-14)24-21(27)23-17/h1-12H,(H,22,26)(H2,23,24,27). The molecule has 0 saturated heterocycles. The molecule has 3 N–H and O–H groups in total. The number of imidazole rings is 1.